The van der Waals surface area contributed by atoms with Crippen molar-refractivity contribution >= 4 is 12.4 Å². The molecule has 2 aliphatic heterocycles. The predicted octanol–water partition coefficient (Wildman–Crippen LogP) is 3.76. The molecule has 0 N–H and O–H groups in total. The monoisotopic (exact) mass is 239 g/mol. The van der Waals surface area contributed by atoms with Gasteiger partial charge in [0.2, 0.25) is 0 Å². The van der Waals surface area contributed by atoms with Crippen molar-refractivity contribution in [3.05, 3.63) is 12.4 Å². The molecule has 0 saturated carbocycles. The van der Waals surface area contributed by atoms with Gasteiger partial charge in [0.15, 0.2) is 0 Å². The Morgan fingerprint density at radius 1 is 1.00 bits per heavy atom. The van der Waals surface area contributed by atoms with Crippen LogP contribution in [0.1, 0.15) is 48.5 Å². The number of fused-ring (bicyclic) bond motifs is 1. The summed E-state index contributed by atoms with van der Waals surface area (Å²) in [5, 5.41) is 0. The summed E-state index contributed by atoms with van der Waals surface area (Å²) in [5.41, 5.74) is 0. The first-order valence-electron chi connectivity index (χ1n) is 6.85. The van der Waals surface area contributed by atoms with E-state index in [0.717, 1.165) is 6.54 Å². The van der Waals surface area contributed by atoms with E-state index in [4.69, 9.17) is 0 Å². The fraction of sp³-hybridized carbons (Fsp3) is 0.714. The third-order valence-corrected chi connectivity index (χ3v) is 1.93. The highest BCUT2D eigenvalue weighted by Crippen LogP contribution is 2.09. The standard InChI is InChI=1S/C8H11N3.3C2H6/c1-7-6-11-3-2-9-4-8(11)5-10-7;3*1-2/h2-5,7-8H,6H2,1H3;3*1-2H3. The Bertz CT molecular complexity index is 232. The molecule has 0 radical (unpaired) electrons. The van der Waals surface area contributed by atoms with Crippen molar-refractivity contribution < 1.29 is 0 Å². The highest BCUT2D eigenvalue weighted by Gasteiger charge is 2.19. The molecule has 100 valence electrons. The summed E-state index contributed by atoms with van der Waals surface area (Å²) in [4.78, 5) is 10.6. The molecule has 3 heteroatoms. The molecule has 0 aromatic carbocycles. The Labute approximate surface area is 107 Å². The second-order valence-corrected chi connectivity index (χ2v) is 2.93. The molecule has 3 nitrogen and oxygen atoms in total. The smallest absolute Gasteiger partial charge is 0.0990 e. The van der Waals surface area contributed by atoms with E-state index in [0.29, 0.717) is 12.1 Å². The minimum atomic E-state index is 0.302. The molecule has 2 aliphatic rings. The summed E-state index contributed by atoms with van der Waals surface area (Å²) >= 11 is 0. The van der Waals surface area contributed by atoms with Crippen LogP contribution in [-0.2, 0) is 0 Å². The fourth-order valence-electron chi connectivity index (χ4n) is 1.34. The molecule has 0 saturated heterocycles. The number of nitrogens with zero attached hydrogens (tertiary/aromatic N) is 3. The molecular weight excluding hydrogens is 210 g/mol. The first-order valence-corrected chi connectivity index (χ1v) is 6.85. The molecule has 0 aliphatic carbocycles. The van der Waals surface area contributed by atoms with Gasteiger partial charge in [-0.05, 0) is 6.92 Å². The Morgan fingerprint density at radius 2 is 1.59 bits per heavy atom. The first kappa shape index (κ1) is 18.3. The largest absolute Gasteiger partial charge is 0.361 e. The third-order valence-electron chi connectivity index (χ3n) is 1.93. The normalized spacial score (nSPS) is 23.1. The maximum Gasteiger partial charge on any atom is 0.0990 e. The van der Waals surface area contributed by atoms with Crippen LogP contribution >= 0.6 is 0 Å². The van der Waals surface area contributed by atoms with Crippen molar-refractivity contribution in [1.82, 2.24) is 4.90 Å². The van der Waals surface area contributed by atoms with Gasteiger partial charge < -0.3 is 4.90 Å². The Balaban J connectivity index is 0. The highest BCUT2D eigenvalue weighted by atomic mass is 15.2. The summed E-state index contributed by atoms with van der Waals surface area (Å²) in [6.45, 7) is 15.1. The van der Waals surface area contributed by atoms with Crippen LogP contribution in [0.2, 0.25) is 0 Å². The van der Waals surface area contributed by atoms with Crippen molar-refractivity contribution in [3.63, 3.8) is 0 Å². The second-order valence-electron chi connectivity index (χ2n) is 2.93. The van der Waals surface area contributed by atoms with Gasteiger partial charge in [0.05, 0.1) is 12.1 Å². The molecule has 2 rings (SSSR count). The molecule has 2 unspecified atom stereocenters. The zero-order chi connectivity index (χ0) is 13.7. The zero-order valence-corrected chi connectivity index (χ0v) is 12.5. The van der Waals surface area contributed by atoms with E-state index < -0.39 is 0 Å². The van der Waals surface area contributed by atoms with E-state index in [-0.39, 0.29) is 0 Å². The summed E-state index contributed by atoms with van der Waals surface area (Å²) in [6, 6.07) is 0.721. The number of hydrogen-bond donors (Lipinski definition) is 0. The van der Waals surface area contributed by atoms with Crippen LogP contribution in [0.15, 0.2) is 22.4 Å². The van der Waals surface area contributed by atoms with Crippen LogP contribution in [0.4, 0.5) is 0 Å². The fourth-order valence-corrected chi connectivity index (χ4v) is 1.34. The number of aliphatic imine (C=N–C) groups is 2. The summed E-state index contributed by atoms with van der Waals surface area (Å²) < 4.78 is 0. The average Bonchev–Trinajstić information content (AvgIpc) is 2.45. The Morgan fingerprint density at radius 3 is 2.18 bits per heavy atom. The van der Waals surface area contributed by atoms with Gasteiger partial charge in [-0.15, -0.1) is 0 Å². The van der Waals surface area contributed by atoms with Gasteiger partial charge >= 0.3 is 0 Å². The molecule has 0 amide bonds. The maximum absolute atomic E-state index is 4.32. The maximum atomic E-state index is 4.32. The molecule has 17 heavy (non-hydrogen) atoms. The van der Waals surface area contributed by atoms with Crippen LogP contribution in [0.3, 0.4) is 0 Å². The lowest BCUT2D eigenvalue weighted by Crippen LogP contribution is -2.42. The average molecular weight is 239 g/mol. The first-order chi connectivity index (χ1) is 8.36. The lowest BCUT2D eigenvalue weighted by atomic mass is 10.2. The molecule has 0 spiro atoms. The minimum Gasteiger partial charge on any atom is -0.361 e. The molecule has 0 fully saturated rings. The van der Waals surface area contributed by atoms with Crippen molar-refractivity contribution in [2.75, 3.05) is 6.54 Å². The van der Waals surface area contributed by atoms with E-state index in [1.807, 2.05) is 66.4 Å². The third kappa shape index (κ3) is 6.93. The minimum absolute atomic E-state index is 0.302. The van der Waals surface area contributed by atoms with Gasteiger partial charge in [0.25, 0.3) is 0 Å². The van der Waals surface area contributed by atoms with Crippen LogP contribution in [0.25, 0.3) is 0 Å². The summed E-state index contributed by atoms with van der Waals surface area (Å²) in [6.07, 6.45) is 7.71. The number of hydrogen-bond acceptors (Lipinski definition) is 3. The lowest BCUT2D eigenvalue weighted by Gasteiger charge is -2.32. The quantitative estimate of drug-likeness (QED) is 0.632. The summed E-state index contributed by atoms with van der Waals surface area (Å²) in [5.74, 6) is 0. The van der Waals surface area contributed by atoms with Crippen molar-refractivity contribution in [2.45, 2.75) is 60.5 Å². The van der Waals surface area contributed by atoms with Gasteiger partial charge in [-0.25, -0.2) is 0 Å². The molecule has 0 bridgehead atoms. The van der Waals surface area contributed by atoms with Gasteiger partial charge in [0.1, 0.15) is 0 Å². The van der Waals surface area contributed by atoms with Crippen LogP contribution < -0.4 is 0 Å². The molecule has 0 aromatic heterocycles. The number of rotatable bonds is 0. The highest BCUT2D eigenvalue weighted by molar-refractivity contribution is 5.89. The van der Waals surface area contributed by atoms with Crippen molar-refractivity contribution in [3.8, 4) is 0 Å². The van der Waals surface area contributed by atoms with E-state index in [9.17, 15) is 0 Å². The topological polar surface area (TPSA) is 28.0 Å². The second kappa shape index (κ2) is 12.9. The zero-order valence-electron chi connectivity index (χ0n) is 12.5. The molecule has 2 atom stereocenters. The van der Waals surface area contributed by atoms with Crippen LogP contribution in [-0.4, -0.2) is 36.0 Å². The van der Waals surface area contributed by atoms with Crippen molar-refractivity contribution in [1.29, 1.82) is 0 Å². The van der Waals surface area contributed by atoms with E-state index >= 15 is 0 Å². The van der Waals surface area contributed by atoms with E-state index in [1.165, 1.54) is 0 Å². The van der Waals surface area contributed by atoms with Gasteiger partial charge in [-0.2, -0.15) is 0 Å². The van der Waals surface area contributed by atoms with Crippen LogP contribution in [0.5, 0.6) is 0 Å². The Hall–Kier alpha value is -1.12. The SMILES string of the molecule is CC.CC.CC.CC1CN2C=CN=CC2C=N1. The summed E-state index contributed by atoms with van der Waals surface area (Å²) in [7, 11) is 0. The van der Waals surface area contributed by atoms with Gasteiger partial charge in [-0.1, -0.05) is 41.5 Å². The van der Waals surface area contributed by atoms with Gasteiger partial charge in [0, 0.05) is 31.4 Å². The predicted molar refractivity (Wildman–Crippen MR) is 80.1 cm³/mol. The van der Waals surface area contributed by atoms with E-state index in [1.54, 1.807) is 0 Å². The van der Waals surface area contributed by atoms with Gasteiger partial charge in [-0.3, -0.25) is 9.98 Å². The van der Waals surface area contributed by atoms with Crippen LogP contribution in [0, 0.1) is 0 Å². The Kier molecular flexibility index (Phi) is 13.9. The van der Waals surface area contributed by atoms with E-state index in [2.05, 4.69) is 21.8 Å². The molecule has 2 heterocycles. The lowest BCUT2D eigenvalue weighted by molar-refractivity contribution is 0.351. The molecule has 0 aromatic rings. The van der Waals surface area contributed by atoms with Crippen molar-refractivity contribution in [2.24, 2.45) is 9.98 Å². The molecular formula is C14H29N3.